The summed E-state index contributed by atoms with van der Waals surface area (Å²) in [6.07, 6.45) is 5.24. The Labute approximate surface area is 64.5 Å². The van der Waals surface area contributed by atoms with E-state index in [0.717, 1.165) is 0 Å². The zero-order valence-electron chi connectivity index (χ0n) is 5.58. The molecule has 3 heteroatoms. The SMILES string of the molecule is CC1C=C(Cl)C=CC1=NO. The Hall–Kier alpha value is -0.760. The van der Waals surface area contributed by atoms with Crippen molar-refractivity contribution in [2.45, 2.75) is 6.92 Å². The fourth-order valence-electron chi connectivity index (χ4n) is 0.821. The maximum Gasteiger partial charge on any atom is 0.0862 e. The average molecular weight is 158 g/mol. The standard InChI is InChI=1S/C7H8ClNO/c1-5-4-6(8)2-3-7(5)9-10/h2-5,10H,1H3. The first-order chi connectivity index (χ1) is 4.74. The minimum atomic E-state index is 0.113. The molecule has 1 rings (SSSR count). The van der Waals surface area contributed by atoms with Gasteiger partial charge in [-0.25, -0.2) is 0 Å². The Morgan fingerprint density at radius 3 is 2.80 bits per heavy atom. The summed E-state index contributed by atoms with van der Waals surface area (Å²) in [5, 5.41) is 12.2. The number of allylic oxidation sites excluding steroid dienone is 4. The van der Waals surface area contributed by atoms with Crippen molar-refractivity contribution in [3.05, 3.63) is 23.3 Å². The second-order valence-corrected chi connectivity index (χ2v) is 2.63. The highest BCUT2D eigenvalue weighted by Gasteiger charge is 2.09. The Kier molecular flexibility index (Phi) is 2.12. The van der Waals surface area contributed by atoms with Crippen LogP contribution in [-0.4, -0.2) is 10.9 Å². The molecule has 1 N–H and O–H groups in total. The lowest BCUT2D eigenvalue weighted by Gasteiger charge is -2.08. The van der Waals surface area contributed by atoms with Gasteiger partial charge in [-0.05, 0) is 12.2 Å². The first kappa shape index (κ1) is 7.35. The number of oxime groups is 1. The van der Waals surface area contributed by atoms with Crippen molar-refractivity contribution in [3.63, 3.8) is 0 Å². The summed E-state index contributed by atoms with van der Waals surface area (Å²) < 4.78 is 0. The van der Waals surface area contributed by atoms with Gasteiger partial charge in [0.2, 0.25) is 0 Å². The van der Waals surface area contributed by atoms with Crippen molar-refractivity contribution in [2.24, 2.45) is 11.1 Å². The van der Waals surface area contributed by atoms with Crippen LogP contribution in [0.5, 0.6) is 0 Å². The van der Waals surface area contributed by atoms with Crippen LogP contribution in [-0.2, 0) is 0 Å². The van der Waals surface area contributed by atoms with Gasteiger partial charge in [-0.1, -0.05) is 29.8 Å². The highest BCUT2D eigenvalue weighted by Crippen LogP contribution is 2.16. The average Bonchev–Trinajstić information content (AvgIpc) is 1.88. The lowest BCUT2D eigenvalue weighted by molar-refractivity contribution is 0.317. The molecule has 0 bridgehead atoms. The second kappa shape index (κ2) is 2.88. The summed E-state index contributed by atoms with van der Waals surface area (Å²) in [6, 6.07) is 0. The van der Waals surface area contributed by atoms with Crippen LogP contribution in [0.2, 0.25) is 0 Å². The zero-order chi connectivity index (χ0) is 7.56. The first-order valence-corrected chi connectivity index (χ1v) is 3.39. The molecule has 0 saturated heterocycles. The van der Waals surface area contributed by atoms with Crippen LogP contribution in [0.25, 0.3) is 0 Å². The maximum atomic E-state index is 8.41. The van der Waals surface area contributed by atoms with Gasteiger partial charge in [-0.2, -0.15) is 0 Å². The van der Waals surface area contributed by atoms with Gasteiger partial charge in [-0.3, -0.25) is 0 Å². The van der Waals surface area contributed by atoms with Crippen molar-refractivity contribution in [3.8, 4) is 0 Å². The van der Waals surface area contributed by atoms with Gasteiger partial charge in [0.1, 0.15) is 0 Å². The van der Waals surface area contributed by atoms with E-state index in [4.69, 9.17) is 16.8 Å². The topological polar surface area (TPSA) is 32.6 Å². The Balaban J connectivity index is 2.84. The smallest absolute Gasteiger partial charge is 0.0862 e. The minimum Gasteiger partial charge on any atom is -0.411 e. The summed E-state index contributed by atoms with van der Waals surface area (Å²) >= 11 is 5.67. The van der Waals surface area contributed by atoms with Crippen LogP contribution in [0.1, 0.15) is 6.92 Å². The van der Waals surface area contributed by atoms with Crippen LogP contribution in [0.15, 0.2) is 28.4 Å². The predicted molar refractivity (Wildman–Crippen MR) is 41.5 cm³/mol. The van der Waals surface area contributed by atoms with E-state index in [1.54, 1.807) is 12.2 Å². The fraction of sp³-hybridized carbons (Fsp3) is 0.286. The third-order valence-corrected chi connectivity index (χ3v) is 1.66. The molecule has 0 aromatic carbocycles. The van der Waals surface area contributed by atoms with Crippen molar-refractivity contribution >= 4 is 17.3 Å². The molecule has 10 heavy (non-hydrogen) atoms. The van der Waals surface area contributed by atoms with E-state index in [1.165, 1.54) is 0 Å². The molecule has 0 aromatic heterocycles. The molecule has 0 aromatic rings. The van der Waals surface area contributed by atoms with Gasteiger partial charge in [0.05, 0.1) is 5.71 Å². The van der Waals surface area contributed by atoms with Crippen molar-refractivity contribution in [1.82, 2.24) is 0 Å². The van der Waals surface area contributed by atoms with Gasteiger partial charge in [0, 0.05) is 11.0 Å². The van der Waals surface area contributed by atoms with Crippen molar-refractivity contribution < 1.29 is 5.21 Å². The summed E-state index contributed by atoms with van der Waals surface area (Å²) in [6.45, 7) is 1.92. The second-order valence-electron chi connectivity index (χ2n) is 2.20. The van der Waals surface area contributed by atoms with Crippen molar-refractivity contribution in [1.29, 1.82) is 0 Å². The number of halogens is 1. The Bertz CT molecular complexity index is 218. The molecule has 1 aliphatic rings. The van der Waals surface area contributed by atoms with Gasteiger partial charge >= 0.3 is 0 Å². The van der Waals surface area contributed by atoms with Crippen molar-refractivity contribution in [2.75, 3.05) is 0 Å². The normalized spacial score (nSPS) is 28.8. The van der Waals surface area contributed by atoms with E-state index in [2.05, 4.69) is 5.16 Å². The van der Waals surface area contributed by atoms with Crippen LogP contribution in [0.3, 0.4) is 0 Å². The fourth-order valence-corrected chi connectivity index (χ4v) is 1.07. The third-order valence-electron chi connectivity index (χ3n) is 1.40. The van der Waals surface area contributed by atoms with Crippen LogP contribution in [0.4, 0.5) is 0 Å². The largest absolute Gasteiger partial charge is 0.411 e. The summed E-state index contributed by atoms with van der Waals surface area (Å²) in [5.41, 5.74) is 0.643. The Morgan fingerprint density at radius 2 is 2.30 bits per heavy atom. The maximum absolute atomic E-state index is 8.41. The molecule has 0 aliphatic heterocycles. The van der Waals surface area contributed by atoms with Gasteiger partial charge < -0.3 is 5.21 Å². The molecule has 1 unspecified atom stereocenters. The molecule has 2 nitrogen and oxygen atoms in total. The summed E-state index contributed by atoms with van der Waals surface area (Å²) in [5.74, 6) is 0.113. The molecule has 0 heterocycles. The van der Waals surface area contributed by atoms with Crippen LogP contribution < -0.4 is 0 Å². The minimum absolute atomic E-state index is 0.113. The number of hydrogen-bond acceptors (Lipinski definition) is 2. The molecule has 0 radical (unpaired) electrons. The van der Waals surface area contributed by atoms with E-state index in [1.807, 2.05) is 13.0 Å². The molecular weight excluding hydrogens is 150 g/mol. The zero-order valence-corrected chi connectivity index (χ0v) is 6.34. The molecule has 0 spiro atoms. The van der Waals surface area contributed by atoms with E-state index in [0.29, 0.717) is 10.7 Å². The van der Waals surface area contributed by atoms with E-state index < -0.39 is 0 Å². The molecule has 0 fully saturated rings. The highest BCUT2D eigenvalue weighted by molar-refractivity contribution is 6.32. The number of hydrogen-bond donors (Lipinski definition) is 1. The van der Waals surface area contributed by atoms with Crippen LogP contribution >= 0.6 is 11.6 Å². The quantitative estimate of drug-likeness (QED) is 0.424. The number of nitrogens with zero attached hydrogens (tertiary/aromatic N) is 1. The summed E-state index contributed by atoms with van der Waals surface area (Å²) in [4.78, 5) is 0. The molecule has 0 amide bonds. The van der Waals surface area contributed by atoms with E-state index in [-0.39, 0.29) is 5.92 Å². The third kappa shape index (κ3) is 1.39. The van der Waals surface area contributed by atoms with Gasteiger partial charge in [0.25, 0.3) is 0 Å². The highest BCUT2D eigenvalue weighted by atomic mass is 35.5. The lowest BCUT2D eigenvalue weighted by atomic mass is 10.0. The molecule has 1 atom stereocenters. The molecule has 1 aliphatic carbocycles. The molecular formula is C7H8ClNO. The lowest BCUT2D eigenvalue weighted by Crippen LogP contribution is -2.08. The monoisotopic (exact) mass is 157 g/mol. The van der Waals surface area contributed by atoms with E-state index >= 15 is 0 Å². The first-order valence-electron chi connectivity index (χ1n) is 3.01. The molecule has 0 saturated carbocycles. The van der Waals surface area contributed by atoms with Gasteiger partial charge in [-0.15, -0.1) is 0 Å². The summed E-state index contributed by atoms with van der Waals surface area (Å²) in [7, 11) is 0. The van der Waals surface area contributed by atoms with Gasteiger partial charge in [0.15, 0.2) is 0 Å². The van der Waals surface area contributed by atoms with E-state index in [9.17, 15) is 0 Å². The predicted octanol–water partition coefficient (Wildman–Crippen LogP) is 2.15. The molecule has 54 valence electrons. The number of rotatable bonds is 0. The Morgan fingerprint density at radius 1 is 1.60 bits per heavy atom. The van der Waals surface area contributed by atoms with Crippen LogP contribution in [0, 0.1) is 5.92 Å².